The van der Waals surface area contributed by atoms with Crippen LogP contribution in [0.3, 0.4) is 0 Å². The maximum absolute atomic E-state index is 11.9. The van der Waals surface area contributed by atoms with E-state index >= 15 is 0 Å². The van der Waals surface area contributed by atoms with Crippen molar-refractivity contribution in [2.45, 2.75) is 46.1 Å². The van der Waals surface area contributed by atoms with Gasteiger partial charge in [0.25, 0.3) is 0 Å². The minimum atomic E-state index is -0.0237. The van der Waals surface area contributed by atoms with Crippen LogP contribution in [0.5, 0.6) is 0 Å². The first-order chi connectivity index (χ1) is 9.35. The average molecular weight is 292 g/mol. The number of rotatable bonds is 3. The topological polar surface area (TPSA) is 29.1 Å². The standard InChI is InChI=1S/C17H22ClNO/c1-12-4-5-13(10-15(12)18)6-7-16(20)19-14-8-9-17(2,3)11-14/h4-7,10,14H,8-9,11H2,1-3H3,(H,19,20)/b7-6+. The van der Waals surface area contributed by atoms with Crippen molar-refractivity contribution < 1.29 is 4.79 Å². The normalized spacial score (nSPS) is 21.3. The summed E-state index contributed by atoms with van der Waals surface area (Å²) in [6.07, 6.45) is 6.70. The highest BCUT2D eigenvalue weighted by Crippen LogP contribution is 2.36. The Labute approximate surface area is 126 Å². The summed E-state index contributed by atoms with van der Waals surface area (Å²) in [5.41, 5.74) is 2.34. The Hall–Kier alpha value is -1.28. The minimum Gasteiger partial charge on any atom is -0.350 e. The van der Waals surface area contributed by atoms with Crippen molar-refractivity contribution in [2.24, 2.45) is 5.41 Å². The summed E-state index contributed by atoms with van der Waals surface area (Å²) in [5.74, 6) is -0.0237. The molecule has 1 atom stereocenters. The predicted octanol–water partition coefficient (Wildman–Crippen LogP) is 4.36. The van der Waals surface area contributed by atoms with Crippen molar-refractivity contribution in [3.8, 4) is 0 Å². The minimum absolute atomic E-state index is 0.0237. The van der Waals surface area contributed by atoms with Gasteiger partial charge in [0.1, 0.15) is 0 Å². The molecule has 0 spiro atoms. The van der Waals surface area contributed by atoms with E-state index in [1.807, 2.05) is 25.1 Å². The van der Waals surface area contributed by atoms with E-state index in [0.717, 1.165) is 29.0 Å². The Morgan fingerprint density at radius 1 is 1.45 bits per heavy atom. The highest BCUT2D eigenvalue weighted by Gasteiger charge is 2.31. The third-order valence-corrected chi connectivity index (χ3v) is 4.35. The Kier molecular flexibility index (Phi) is 4.54. The van der Waals surface area contributed by atoms with Crippen molar-refractivity contribution in [3.05, 3.63) is 40.4 Å². The van der Waals surface area contributed by atoms with Crippen molar-refractivity contribution in [1.29, 1.82) is 0 Å². The Morgan fingerprint density at radius 2 is 2.20 bits per heavy atom. The zero-order chi connectivity index (χ0) is 14.8. The molecule has 1 fully saturated rings. The lowest BCUT2D eigenvalue weighted by molar-refractivity contribution is -0.117. The monoisotopic (exact) mass is 291 g/mol. The van der Waals surface area contributed by atoms with Gasteiger partial charge in [-0.15, -0.1) is 0 Å². The van der Waals surface area contributed by atoms with Crippen LogP contribution in [0, 0.1) is 12.3 Å². The fraction of sp³-hybridized carbons (Fsp3) is 0.471. The number of halogens is 1. The predicted molar refractivity (Wildman–Crippen MR) is 84.8 cm³/mol. The summed E-state index contributed by atoms with van der Waals surface area (Å²) in [7, 11) is 0. The van der Waals surface area contributed by atoms with E-state index in [9.17, 15) is 4.79 Å². The number of amides is 1. The number of nitrogens with one attached hydrogen (secondary N) is 1. The molecule has 2 nitrogen and oxygen atoms in total. The highest BCUT2D eigenvalue weighted by molar-refractivity contribution is 6.31. The second kappa shape index (κ2) is 6.01. The molecule has 1 aliphatic carbocycles. The average Bonchev–Trinajstić information content (AvgIpc) is 2.70. The number of hydrogen-bond donors (Lipinski definition) is 1. The summed E-state index contributed by atoms with van der Waals surface area (Å²) >= 11 is 6.06. The molecule has 0 bridgehead atoms. The zero-order valence-electron chi connectivity index (χ0n) is 12.4. The van der Waals surface area contributed by atoms with Gasteiger partial charge < -0.3 is 5.32 Å². The second-order valence-corrected chi connectivity index (χ2v) is 6.86. The van der Waals surface area contributed by atoms with Crippen LogP contribution in [-0.4, -0.2) is 11.9 Å². The van der Waals surface area contributed by atoms with Crippen LogP contribution in [0.4, 0.5) is 0 Å². The van der Waals surface area contributed by atoms with Crippen LogP contribution in [-0.2, 0) is 4.79 Å². The van der Waals surface area contributed by atoms with Gasteiger partial charge in [-0.25, -0.2) is 0 Å². The summed E-state index contributed by atoms with van der Waals surface area (Å²) < 4.78 is 0. The molecule has 108 valence electrons. The molecule has 2 rings (SSSR count). The molecule has 1 amide bonds. The van der Waals surface area contributed by atoms with Crippen LogP contribution >= 0.6 is 11.6 Å². The van der Waals surface area contributed by atoms with Crippen LogP contribution in [0.1, 0.15) is 44.2 Å². The van der Waals surface area contributed by atoms with E-state index < -0.39 is 0 Å². The summed E-state index contributed by atoms with van der Waals surface area (Å²) in [4.78, 5) is 11.9. The van der Waals surface area contributed by atoms with Crippen LogP contribution in [0.2, 0.25) is 5.02 Å². The molecular weight excluding hydrogens is 270 g/mol. The maximum atomic E-state index is 11.9. The molecule has 1 aliphatic rings. The molecule has 0 aliphatic heterocycles. The van der Waals surface area contributed by atoms with Crippen LogP contribution in [0.15, 0.2) is 24.3 Å². The fourth-order valence-corrected chi connectivity index (χ4v) is 2.88. The summed E-state index contributed by atoms with van der Waals surface area (Å²) in [6.45, 7) is 6.47. The van der Waals surface area contributed by atoms with Gasteiger partial charge >= 0.3 is 0 Å². The summed E-state index contributed by atoms with van der Waals surface area (Å²) in [6, 6.07) is 6.10. The van der Waals surface area contributed by atoms with Crippen molar-refractivity contribution in [2.75, 3.05) is 0 Å². The lowest BCUT2D eigenvalue weighted by Crippen LogP contribution is -2.32. The Morgan fingerprint density at radius 3 is 2.80 bits per heavy atom. The van der Waals surface area contributed by atoms with Gasteiger partial charge in [-0.05, 0) is 54.9 Å². The second-order valence-electron chi connectivity index (χ2n) is 6.45. The van der Waals surface area contributed by atoms with Gasteiger partial charge in [0.15, 0.2) is 0 Å². The van der Waals surface area contributed by atoms with Gasteiger partial charge in [0.2, 0.25) is 5.91 Å². The van der Waals surface area contributed by atoms with E-state index in [2.05, 4.69) is 19.2 Å². The molecule has 3 heteroatoms. The van der Waals surface area contributed by atoms with Crippen LogP contribution in [0.25, 0.3) is 6.08 Å². The van der Waals surface area contributed by atoms with Gasteiger partial charge in [-0.3, -0.25) is 4.79 Å². The quantitative estimate of drug-likeness (QED) is 0.824. The van der Waals surface area contributed by atoms with Crippen LogP contribution < -0.4 is 5.32 Å². The molecule has 1 aromatic rings. The highest BCUT2D eigenvalue weighted by atomic mass is 35.5. The number of aryl methyl sites for hydroxylation is 1. The zero-order valence-corrected chi connectivity index (χ0v) is 13.1. The van der Waals surface area contributed by atoms with Crippen molar-refractivity contribution in [3.63, 3.8) is 0 Å². The molecule has 1 N–H and O–H groups in total. The third-order valence-electron chi connectivity index (χ3n) is 3.94. The molecule has 1 aromatic carbocycles. The molecule has 1 saturated carbocycles. The lowest BCUT2D eigenvalue weighted by Gasteiger charge is -2.17. The Balaban J connectivity index is 1.91. The smallest absolute Gasteiger partial charge is 0.244 e. The van der Waals surface area contributed by atoms with Gasteiger partial charge in [0.05, 0.1) is 0 Å². The SMILES string of the molecule is Cc1ccc(/C=C/C(=O)NC2CCC(C)(C)C2)cc1Cl. The van der Waals surface area contributed by atoms with E-state index in [0.29, 0.717) is 11.5 Å². The molecule has 0 saturated heterocycles. The van der Waals surface area contributed by atoms with Crippen molar-refractivity contribution >= 4 is 23.6 Å². The van der Waals surface area contributed by atoms with Gasteiger partial charge in [0, 0.05) is 17.1 Å². The molecule has 0 radical (unpaired) electrons. The first-order valence-electron chi connectivity index (χ1n) is 7.10. The van der Waals surface area contributed by atoms with E-state index in [1.165, 1.54) is 6.42 Å². The molecule has 20 heavy (non-hydrogen) atoms. The molecule has 0 heterocycles. The van der Waals surface area contributed by atoms with Crippen molar-refractivity contribution in [1.82, 2.24) is 5.32 Å². The number of benzene rings is 1. The van der Waals surface area contributed by atoms with E-state index in [4.69, 9.17) is 11.6 Å². The number of carbonyl (C=O) groups is 1. The lowest BCUT2D eigenvalue weighted by atomic mass is 9.92. The Bertz CT molecular complexity index is 534. The number of carbonyl (C=O) groups excluding carboxylic acids is 1. The first-order valence-corrected chi connectivity index (χ1v) is 7.48. The van der Waals surface area contributed by atoms with E-state index in [-0.39, 0.29) is 5.91 Å². The first kappa shape index (κ1) is 15.1. The van der Waals surface area contributed by atoms with Gasteiger partial charge in [-0.2, -0.15) is 0 Å². The number of hydrogen-bond acceptors (Lipinski definition) is 1. The third kappa shape index (κ3) is 4.11. The fourth-order valence-electron chi connectivity index (χ4n) is 2.69. The molecule has 1 unspecified atom stereocenters. The molecule has 0 aromatic heterocycles. The maximum Gasteiger partial charge on any atom is 0.244 e. The molecular formula is C17H22ClNO. The largest absolute Gasteiger partial charge is 0.350 e. The summed E-state index contributed by atoms with van der Waals surface area (Å²) in [5, 5.41) is 3.80. The van der Waals surface area contributed by atoms with Gasteiger partial charge in [-0.1, -0.05) is 37.6 Å². The van der Waals surface area contributed by atoms with E-state index in [1.54, 1.807) is 12.2 Å².